The van der Waals surface area contributed by atoms with E-state index in [2.05, 4.69) is 62.8 Å². The molecule has 0 fully saturated rings. The van der Waals surface area contributed by atoms with E-state index in [9.17, 15) is 4.39 Å². The van der Waals surface area contributed by atoms with Crippen LogP contribution in [0.1, 0.15) is 47.1 Å². The highest BCUT2D eigenvalue weighted by Crippen LogP contribution is 2.31. The molecular formula is C17H27BrFN. The molecule has 0 heterocycles. The third kappa shape index (κ3) is 5.92. The minimum absolute atomic E-state index is 0.0999. The minimum Gasteiger partial charge on any atom is -0.312 e. The van der Waals surface area contributed by atoms with Crippen LogP contribution in [0.2, 0.25) is 0 Å². The zero-order valence-electron chi connectivity index (χ0n) is 13.5. The lowest BCUT2D eigenvalue weighted by Crippen LogP contribution is -2.42. The fourth-order valence-electron chi connectivity index (χ4n) is 2.08. The van der Waals surface area contributed by atoms with Crippen molar-refractivity contribution in [3.8, 4) is 0 Å². The first-order valence-electron chi connectivity index (χ1n) is 7.18. The molecule has 0 aromatic heterocycles. The number of hydrogen-bond acceptors (Lipinski definition) is 1. The number of halogens is 2. The van der Waals surface area contributed by atoms with Crippen molar-refractivity contribution in [2.45, 2.75) is 53.5 Å². The lowest BCUT2D eigenvalue weighted by Gasteiger charge is -2.34. The van der Waals surface area contributed by atoms with Crippen LogP contribution in [0.5, 0.6) is 0 Å². The molecule has 0 bridgehead atoms. The van der Waals surface area contributed by atoms with Crippen molar-refractivity contribution in [1.82, 2.24) is 5.32 Å². The van der Waals surface area contributed by atoms with Gasteiger partial charge in [-0.05, 0) is 68.8 Å². The van der Waals surface area contributed by atoms with Crippen molar-refractivity contribution >= 4 is 15.9 Å². The van der Waals surface area contributed by atoms with Gasteiger partial charge in [0.05, 0.1) is 0 Å². The van der Waals surface area contributed by atoms with E-state index < -0.39 is 0 Å². The van der Waals surface area contributed by atoms with E-state index in [1.807, 2.05) is 0 Å². The van der Waals surface area contributed by atoms with Crippen LogP contribution in [-0.4, -0.2) is 12.1 Å². The van der Waals surface area contributed by atoms with Gasteiger partial charge in [-0.25, -0.2) is 4.39 Å². The quantitative estimate of drug-likeness (QED) is 0.793. The molecule has 0 aliphatic rings. The molecule has 1 rings (SSSR count). The van der Waals surface area contributed by atoms with Gasteiger partial charge < -0.3 is 5.32 Å². The van der Waals surface area contributed by atoms with Crippen LogP contribution < -0.4 is 5.32 Å². The van der Waals surface area contributed by atoms with Gasteiger partial charge in [0.15, 0.2) is 0 Å². The summed E-state index contributed by atoms with van der Waals surface area (Å²) in [7, 11) is 0. The van der Waals surface area contributed by atoms with Crippen molar-refractivity contribution in [2.24, 2.45) is 11.3 Å². The van der Waals surface area contributed by atoms with E-state index in [0.29, 0.717) is 5.92 Å². The maximum Gasteiger partial charge on any atom is 0.123 e. The maximum absolute atomic E-state index is 13.4. The van der Waals surface area contributed by atoms with Crippen LogP contribution in [0.15, 0.2) is 22.7 Å². The smallest absolute Gasteiger partial charge is 0.123 e. The second-order valence-electron chi connectivity index (χ2n) is 7.63. The predicted octanol–water partition coefficient (Wildman–Crippen LogP) is 5.18. The van der Waals surface area contributed by atoms with E-state index in [0.717, 1.165) is 23.0 Å². The summed E-state index contributed by atoms with van der Waals surface area (Å²) in [4.78, 5) is 0. The first-order chi connectivity index (χ1) is 8.99. The van der Waals surface area contributed by atoms with Crippen molar-refractivity contribution in [2.75, 3.05) is 6.54 Å². The molecule has 3 heteroatoms. The van der Waals surface area contributed by atoms with Crippen molar-refractivity contribution in [3.05, 3.63) is 34.1 Å². The monoisotopic (exact) mass is 343 g/mol. The zero-order chi connectivity index (χ0) is 15.6. The molecule has 1 nitrogen and oxygen atoms in total. The second-order valence-corrected chi connectivity index (χ2v) is 8.49. The lowest BCUT2D eigenvalue weighted by molar-refractivity contribution is 0.213. The summed E-state index contributed by atoms with van der Waals surface area (Å²) in [5.74, 6) is 0.277. The first kappa shape index (κ1) is 17.6. The van der Waals surface area contributed by atoms with Crippen molar-refractivity contribution in [1.29, 1.82) is 0 Å². The topological polar surface area (TPSA) is 12.0 Å². The highest BCUT2D eigenvalue weighted by atomic mass is 79.9. The summed E-state index contributed by atoms with van der Waals surface area (Å²) in [6.07, 6.45) is 0.866. The Morgan fingerprint density at radius 2 is 1.75 bits per heavy atom. The van der Waals surface area contributed by atoms with Crippen LogP contribution in [0.4, 0.5) is 4.39 Å². The number of hydrogen-bond donors (Lipinski definition) is 1. The standard InChI is InChI=1S/C17H27BrFN/c1-16(2,3)13(11-20-17(4,5)6)9-12-10-14(19)7-8-15(12)18/h7-8,10,13,20H,9,11H2,1-6H3. The largest absolute Gasteiger partial charge is 0.312 e. The summed E-state index contributed by atoms with van der Waals surface area (Å²) < 4.78 is 14.4. The average molecular weight is 344 g/mol. The molecule has 1 atom stereocenters. The van der Waals surface area contributed by atoms with Gasteiger partial charge in [-0.2, -0.15) is 0 Å². The van der Waals surface area contributed by atoms with Crippen LogP contribution in [0.25, 0.3) is 0 Å². The zero-order valence-corrected chi connectivity index (χ0v) is 15.1. The molecule has 0 saturated carbocycles. The van der Waals surface area contributed by atoms with Crippen LogP contribution >= 0.6 is 15.9 Å². The molecule has 1 unspecified atom stereocenters. The maximum atomic E-state index is 13.4. The van der Waals surface area contributed by atoms with Gasteiger partial charge in [0, 0.05) is 10.0 Å². The number of benzene rings is 1. The molecule has 20 heavy (non-hydrogen) atoms. The van der Waals surface area contributed by atoms with Crippen LogP contribution in [0.3, 0.4) is 0 Å². The molecule has 1 N–H and O–H groups in total. The van der Waals surface area contributed by atoms with E-state index in [4.69, 9.17) is 0 Å². The SMILES string of the molecule is CC(C)(C)NCC(Cc1cc(F)ccc1Br)C(C)(C)C. The Balaban J connectivity index is 2.87. The molecule has 1 aromatic carbocycles. The average Bonchev–Trinajstić information content (AvgIpc) is 2.25. The fraction of sp³-hybridized carbons (Fsp3) is 0.647. The minimum atomic E-state index is -0.167. The van der Waals surface area contributed by atoms with Crippen LogP contribution in [0, 0.1) is 17.2 Å². The fourth-order valence-corrected chi connectivity index (χ4v) is 2.49. The Bertz CT molecular complexity index is 443. The molecular weight excluding hydrogens is 317 g/mol. The predicted molar refractivity (Wildman–Crippen MR) is 88.5 cm³/mol. The van der Waals surface area contributed by atoms with E-state index in [1.165, 1.54) is 6.07 Å². The van der Waals surface area contributed by atoms with Gasteiger partial charge in [0.2, 0.25) is 0 Å². The molecule has 0 aliphatic carbocycles. The first-order valence-corrected chi connectivity index (χ1v) is 7.97. The normalized spacial score (nSPS) is 14.4. The van der Waals surface area contributed by atoms with Gasteiger partial charge in [-0.3, -0.25) is 0 Å². The Morgan fingerprint density at radius 1 is 1.15 bits per heavy atom. The number of nitrogens with one attached hydrogen (secondary N) is 1. The summed E-state index contributed by atoms with van der Waals surface area (Å²) in [5, 5.41) is 3.57. The molecule has 0 amide bonds. The highest BCUT2D eigenvalue weighted by Gasteiger charge is 2.26. The van der Waals surface area contributed by atoms with Gasteiger partial charge in [0.25, 0.3) is 0 Å². The van der Waals surface area contributed by atoms with Crippen molar-refractivity contribution in [3.63, 3.8) is 0 Å². The summed E-state index contributed by atoms with van der Waals surface area (Å²) in [5.41, 5.74) is 1.31. The van der Waals surface area contributed by atoms with Gasteiger partial charge in [-0.15, -0.1) is 0 Å². The molecule has 0 radical (unpaired) electrons. The number of rotatable bonds is 4. The third-order valence-electron chi connectivity index (χ3n) is 3.58. The summed E-state index contributed by atoms with van der Waals surface area (Å²) >= 11 is 3.53. The Morgan fingerprint density at radius 3 is 2.25 bits per heavy atom. The van der Waals surface area contributed by atoms with Gasteiger partial charge in [-0.1, -0.05) is 36.7 Å². The van der Waals surface area contributed by atoms with Crippen molar-refractivity contribution < 1.29 is 4.39 Å². The molecule has 0 spiro atoms. The lowest BCUT2D eigenvalue weighted by atomic mass is 9.77. The Labute approximate surface area is 131 Å². The molecule has 0 saturated heterocycles. The molecule has 1 aromatic rings. The molecule has 0 aliphatic heterocycles. The Kier molecular flexibility index (Phi) is 5.79. The van der Waals surface area contributed by atoms with E-state index in [-0.39, 0.29) is 16.8 Å². The summed E-state index contributed by atoms with van der Waals surface area (Å²) in [6.45, 7) is 14.2. The van der Waals surface area contributed by atoms with E-state index in [1.54, 1.807) is 12.1 Å². The highest BCUT2D eigenvalue weighted by molar-refractivity contribution is 9.10. The van der Waals surface area contributed by atoms with Crippen LogP contribution in [-0.2, 0) is 6.42 Å². The van der Waals surface area contributed by atoms with Gasteiger partial charge >= 0.3 is 0 Å². The van der Waals surface area contributed by atoms with Gasteiger partial charge in [0.1, 0.15) is 5.82 Å². The third-order valence-corrected chi connectivity index (χ3v) is 4.35. The Hall–Kier alpha value is -0.410. The van der Waals surface area contributed by atoms with E-state index >= 15 is 0 Å². The summed E-state index contributed by atoms with van der Waals surface area (Å²) in [6, 6.07) is 4.93. The molecule has 114 valence electrons. The second kappa shape index (κ2) is 6.57.